The second-order valence-electron chi connectivity index (χ2n) is 10.1. The average Bonchev–Trinajstić information content (AvgIpc) is 3.05. The number of morpholine rings is 1. The first-order chi connectivity index (χ1) is 22.3. The number of amides is 1. The van der Waals surface area contributed by atoms with Crippen LogP contribution in [0.5, 0.6) is 5.75 Å². The number of carbonyl (C=O) groups excluding carboxylic acids is 1. The number of rotatable bonds is 11. The summed E-state index contributed by atoms with van der Waals surface area (Å²) in [7, 11) is 0. The van der Waals surface area contributed by atoms with Gasteiger partial charge in [-0.3, -0.25) is 14.2 Å². The largest absolute Gasteiger partial charge is 0.452 e. The maximum atomic E-state index is 15.3. The Morgan fingerprint density at radius 2 is 1.89 bits per heavy atom. The number of carbonyl (C=O) groups is 1. The molecule has 1 saturated heterocycles. The summed E-state index contributed by atoms with van der Waals surface area (Å²) < 4.78 is 47.4. The summed E-state index contributed by atoms with van der Waals surface area (Å²) in [6.07, 6.45) is 7.17. The lowest BCUT2D eigenvalue weighted by atomic mass is 10.2. The van der Waals surface area contributed by atoms with E-state index in [0.29, 0.717) is 38.6 Å². The molecule has 1 fully saturated rings. The zero-order valence-electron chi connectivity index (χ0n) is 24.9. The third-order valence-electron chi connectivity index (χ3n) is 7.12. The molecule has 2 aliphatic rings. The average molecular weight is 635 g/mol. The van der Waals surface area contributed by atoms with Crippen LogP contribution in [-0.4, -0.2) is 65.7 Å². The molecule has 0 saturated carbocycles. The maximum absolute atomic E-state index is 15.3. The van der Waals surface area contributed by atoms with E-state index in [1.165, 1.54) is 30.3 Å². The number of anilines is 1. The van der Waals surface area contributed by atoms with Crippen LogP contribution in [0.1, 0.15) is 17.3 Å². The van der Waals surface area contributed by atoms with Gasteiger partial charge in [0.2, 0.25) is 0 Å². The molecule has 1 aromatic heterocycles. The first kappa shape index (κ1) is 32.1. The van der Waals surface area contributed by atoms with Crippen molar-refractivity contribution in [3.8, 4) is 11.4 Å². The van der Waals surface area contributed by atoms with Gasteiger partial charge in [0.15, 0.2) is 17.3 Å². The number of aromatic nitrogens is 2. The fourth-order valence-electron chi connectivity index (χ4n) is 4.80. The zero-order valence-corrected chi connectivity index (χ0v) is 24.9. The lowest BCUT2D eigenvalue weighted by Crippen LogP contribution is -2.42. The summed E-state index contributed by atoms with van der Waals surface area (Å²) in [4.78, 5) is 42.0. The van der Waals surface area contributed by atoms with Gasteiger partial charge in [-0.05, 0) is 49.4 Å². The van der Waals surface area contributed by atoms with Crippen molar-refractivity contribution in [1.29, 1.82) is 5.41 Å². The van der Waals surface area contributed by atoms with Gasteiger partial charge in [0.05, 0.1) is 43.4 Å². The van der Waals surface area contributed by atoms with Crippen molar-refractivity contribution in [2.45, 2.75) is 13.5 Å². The normalized spacial score (nSPS) is 15.5. The highest BCUT2D eigenvalue weighted by Gasteiger charge is 2.22. The molecular formula is C32H32F2N6O6. The van der Waals surface area contributed by atoms with E-state index in [9.17, 15) is 18.8 Å². The van der Waals surface area contributed by atoms with Crippen molar-refractivity contribution >= 4 is 17.8 Å². The third-order valence-corrected chi connectivity index (χ3v) is 7.12. The lowest BCUT2D eigenvalue weighted by molar-refractivity contribution is 0.0549. The SMILES string of the molecule is CCOCCn1cc(C(=O)Nc2ccc(OC3=CC(N4CCOCC4)=CN/C3=C\C=N)c(F)c2)c(=O)n(-c2ccc(F)cc2)c1=O. The number of ether oxygens (including phenoxy) is 3. The van der Waals surface area contributed by atoms with Crippen LogP contribution in [0.4, 0.5) is 14.5 Å². The number of nitrogens with zero attached hydrogens (tertiary/aromatic N) is 3. The van der Waals surface area contributed by atoms with Crippen molar-refractivity contribution in [3.63, 3.8) is 0 Å². The van der Waals surface area contributed by atoms with Gasteiger partial charge < -0.3 is 35.2 Å². The van der Waals surface area contributed by atoms with Gasteiger partial charge in [-0.1, -0.05) is 0 Å². The first-order valence-electron chi connectivity index (χ1n) is 14.5. The molecule has 0 unspecified atom stereocenters. The van der Waals surface area contributed by atoms with Crippen molar-refractivity contribution < 1.29 is 27.8 Å². The summed E-state index contributed by atoms with van der Waals surface area (Å²) >= 11 is 0. The van der Waals surface area contributed by atoms with Crippen LogP contribution in [0.3, 0.4) is 0 Å². The molecule has 12 nitrogen and oxygen atoms in total. The molecule has 3 aromatic rings. The molecule has 2 aromatic carbocycles. The van der Waals surface area contributed by atoms with E-state index in [-0.39, 0.29) is 36.0 Å². The van der Waals surface area contributed by atoms with Crippen molar-refractivity contribution in [2.75, 3.05) is 44.8 Å². The van der Waals surface area contributed by atoms with Crippen molar-refractivity contribution in [2.24, 2.45) is 0 Å². The third kappa shape index (κ3) is 7.30. The van der Waals surface area contributed by atoms with E-state index >= 15 is 4.39 Å². The minimum Gasteiger partial charge on any atom is -0.452 e. The smallest absolute Gasteiger partial charge is 0.335 e. The zero-order chi connectivity index (χ0) is 32.6. The summed E-state index contributed by atoms with van der Waals surface area (Å²) in [5.74, 6) is -2.13. The molecule has 0 atom stereocenters. The molecule has 3 N–H and O–H groups in total. The molecule has 2 aliphatic heterocycles. The van der Waals surface area contributed by atoms with E-state index < -0.39 is 34.4 Å². The highest BCUT2D eigenvalue weighted by Crippen LogP contribution is 2.27. The number of dihydropyridines is 1. The standard InChI is InChI=1S/C32H32F2N6O6/c1-2-44-14-13-39-20-25(31(42)40(32(39)43)23-6-3-21(33)4-7-23)30(41)37-22-5-8-28(26(34)17-22)46-29-18-24(19-36-27(29)9-10-35)38-11-15-45-16-12-38/h3-10,17-20,35-36H,2,11-16H2,1H3,(H,37,41)/b27-9-,35-10?. The van der Waals surface area contributed by atoms with Gasteiger partial charge in [0.25, 0.3) is 11.5 Å². The molecule has 0 aliphatic carbocycles. The number of halogens is 2. The molecule has 0 spiro atoms. The van der Waals surface area contributed by atoms with Gasteiger partial charge in [-0.2, -0.15) is 0 Å². The Labute approximate surface area is 262 Å². The quantitative estimate of drug-likeness (QED) is 0.216. The van der Waals surface area contributed by atoms with E-state index in [0.717, 1.165) is 45.4 Å². The Hall–Kier alpha value is -5.34. The second kappa shape index (κ2) is 14.6. The fourth-order valence-corrected chi connectivity index (χ4v) is 4.80. The van der Waals surface area contributed by atoms with E-state index in [1.54, 1.807) is 19.2 Å². The van der Waals surface area contributed by atoms with Crippen LogP contribution in [0.15, 0.2) is 93.8 Å². The van der Waals surface area contributed by atoms with Crippen LogP contribution < -0.4 is 26.6 Å². The summed E-state index contributed by atoms with van der Waals surface area (Å²) in [6.45, 7) is 4.83. The monoisotopic (exact) mass is 634 g/mol. The van der Waals surface area contributed by atoms with Crippen molar-refractivity contribution in [3.05, 3.63) is 122 Å². The predicted molar refractivity (Wildman–Crippen MR) is 166 cm³/mol. The summed E-state index contributed by atoms with van der Waals surface area (Å²) in [5.41, 5.74) is -0.737. The van der Waals surface area contributed by atoms with Gasteiger partial charge in [0.1, 0.15) is 11.4 Å². The van der Waals surface area contributed by atoms with E-state index in [4.69, 9.17) is 19.6 Å². The Kier molecular flexibility index (Phi) is 10.2. The maximum Gasteiger partial charge on any atom is 0.335 e. The van der Waals surface area contributed by atoms with Gasteiger partial charge in [0, 0.05) is 56.1 Å². The molecule has 5 rings (SSSR count). The van der Waals surface area contributed by atoms with Crippen molar-refractivity contribution in [1.82, 2.24) is 19.4 Å². The molecule has 46 heavy (non-hydrogen) atoms. The number of nitrogens with one attached hydrogen (secondary N) is 3. The lowest BCUT2D eigenvalue weighted by Gasteiger charge is -2.32. The second-order valence-corrected chi connectivity index (χ2v) is 10.1. The van der Waals surface area contributed by atoms with Crippen LogP contribution in [-0.2, 0) is 16.0 Å². The summed E-state index contributed by atoms with van der Waals surface area (Å²) in [5, 5.41) is 13.0. The number of allylic oxidation sites excluding steroid dienone is 2. The minimum absolute atomic E-state index is 0.0227. The number of hydrogen-bond donors (Lipinski definition) is 3. The molecule has 0 bridgehead atoms. The summed E-state index contributed by atoms with van der Waals surface area (Å²) in [6, 6.07) is 8.44. The Balaban J connectivity index is 1.40. The number of benzene rings is 2. The molecule has 1 amide bonds. The van der Waals surface area contributed by atoms with Gasteiger partial charge in [-0.25, -0.2) is 18.1 Å². The minimum atomic E-state index is -0.937. The predicted octanol–water partition coefficient (Wildman–Crippen LogP) is 3.14. The molecule has 3 heterocycles. The fraction of sp³-hybridized carbons (Fsp3) is 0.250. The van der Waals surface area contributed by atoms with Crippen LogP contribution in [0.25, 0.3) is 5.69 Å². The molecule has 14 heteroatoms. The van der Waals surface area contributed by atoms with Gasteiger partial charge >= 0.3 is 5.69 Å². The van der Waals surface area contributed by atoms with E-state index in [2.05, 4.69) is 15.5 Å². The van der Waals surface area contributed by atoms with Crippen LogP contribution >= 0.6 is 0 Å². The highest BCUT2D eigenvalue weighted by atomic mass is 19.1. The van der Waals surface area contributed by atoms with Gasteiger partial charge in [-0.15, -0.1) is 0 Å². The molecule has 0 radical (unpaired) electrons. The van der Waals surface area contributed by atoms with Crippen LogP contribution in [0, 0.1) is 17.0 Å². The Bertz CT molecular complexity index is 1820. The first-order valence-corrected chi connectivity index (χ1v) is 14.5. The van der Waals surface area contributed by atoms with Crippen LogP contribution in [0.2, 0.25) is 0 Å². The van der Waals surface area contributed by atoms with E-state index in [1.807, 2.05) is 0 Å². The Morgan fingerprint density at radius 1 is 1.13 bits per heavy atom. The topological polar surface area (TPSA) is 140 Å². The Morgan fingerprint density at radius 3 is 2.59 bits per heavy atom. The molecule has 240 valence electrons. The highest BCUT2D eigenvalue weighted by molar-refractivity contribution is 6.03. The number of hydrogen-bond acceptors (Lipinski definition) is 9. The molecular weight excluding hydrogens is 602 g/mol.